The number of halogens is 1. The lowest BCUT2D eigenvalue weighted by molar-refractivity contribution is 0.462. The Hall–Kier alpha value is -2.01. The number of benzene rings is 1. The molecule has 0 radical (unpaired) electrons. The average molecular weight is 265 g/mol. The number of anilines is 2. The minimum atomic E-state index is 0.453. The van der Waals surface area contributed by atoms with E-state index in [-0.39, 0.29) is 0 Å². The standard InChI is InChI=1S/C12H13ClN4O/c1-17(2)12-15-6-5-11(16-12)18-8-3-4-10(14)9(13)7-8/h3-7H,14H2,1-2H3. The summed E-state index contributed by atoms with van der Waals surface area (Å²) in [6.07, 6.45) is 1.64. The van der Waals surface area contributed by atoms with Gasteiger partial charge in [0.15, 0.2) is 0 Å². The number of nitrogen functional groups attached to an aromatic ring is 1. The van der Waals surface area contributed by atoms with E-state index in [1.165, 1.54) is 0 Å². The SMILES string of the molecule is CN(C)c1nccc(Oc2ccc(N)c(Cl)c2)n1. The Morgan fingerprint density at radius 3 is 2.72 bits per heavy atom. The number of nitrogens with zero attached hydrogens (tertiary/aromatic N) is 3. The smallest absolute Gasteiger partial charge is 0.228 e. The second-order valence-corrected chi connectivity index (χ2v) is 4.28. The maximum absolute atomic E-state index is 5.92. The minimum Gasteiger partial charge on any atom is -0.439 e. The summed E-state index contributed by atoms with van der Waals surface area (Å²) >= 11 is 5.92. The molecule has 2 N–H and O–H groups in total. The Morgan fingerprint density at radius 2 is 2.06 bits per heavy atom. The van der Waals surface area contributed by atoms with Gasteiger partial charge in [-0.15, -0.1) is 0 Å². The first kappa shape index (κ1) is 12.4. The third-order valence-corrected chi connectivity index (χ3v) is 2.54. The molecule has 0 atom stereocenters. The van der Waals surface area contributed by atoms with E-state index in [1.807, 2.05) is 14.1 Å². The number of rotatable bonds is 3. The fourth-order valence-corrected chi connectivity index (χ4v) is 1.47. The van der Waals surface area contributed by atoms with Gasteiger partial charge in [0.2, 0.25) is 11.8 Å². The van der Waals surface area contributed by atoms with Crippen LogP contribution in [0, 0.1) is 0 Å². The summed E-state index contributed by atoms with van der Waals surface area (Å²) < 4.78 is 5.59. The van der Waals surface area contributed by atoms with Gasteiger partial charge < -0.3 is 15.4 Å². The molecule has 0 spiro atoms. The fraction of sp³-hybridized carbons (Fsp3) is 0.167. The molecular weight excluding hydrogens is 252 g/mol. The van der Waals surface area contributed by atoms with E-state index in [4.69, 9.17) is 22.1 Å². The molecule has 1 heterocycles. The second kappa shape index (κ2) is 5.10. The van der Waals surface area contributed by atoms with Gasteiger partial charge in [-0.05, 0) is 12.1 Å². The van der Waals surface area contributed by atoms with E-state index in [9.17, 15) is 0 Å². The summed E-state index contributed by atoms with van der Waals surface area (Å²) in [5, 5.41) is 0.453. The molecule has 1 aromatic heterocycles. The van der Waals surface area contributed by atoms with Crippen molar-refractivity contribution in [1.82, 2.24) is 9.97 Å². The van der Waals surface area contributed by atoms with Gasteiger partial charge in [0, 0.05) is 32.4 Å². The molecule has 2 rings (SSSR count). The molecule has 94 valence electrons. The molecule has 1 aromatic carbocycles. The van der Waals surface area contributed by atoms with E-state index >= 15 is 0 Å². The predicted molar refractivity (Wildman–Crippen MR) is 72.3 cm³/mol. The van der Waals surface area contributed by atoms with Crippen molar-refractivity contribution in [3.05, 3.63) is 35.5 Å². The molecule has 0 saturated carbocycles. The molecule has 0 saturated heterocycles. The molecule has 0 aliphatic heterocycles. The van der Waals surface area contributed by atoms with Gasteiger partial charge >= 0.3 is 0 Å². The summed E-state index contributed by atoms with van der Waals surface area (Å²) in [5.41, 5.74) is 6.14. The highest BCUT2D eigenvalue weighted by Crippen LogP contribution is 2.27. The largest absolute Gasteiger partial charge is 0.439 e. The van der Waals surface area contributed by atoms with Gasteiger partial charge in [0.05, 0.1) is 10.7 Å². The fourth-order valence-electron chi connectivity index (χ4n) is 1.30. The second-order valence-electron chi connectivity index (χ2n) is 3.87. The van der Waals surface area contributed by atoms with E-state index in [0.717, 1.165) is 0 Å². The highest BCUT2D eigenvalue weighted by Gasteiger charge is 2.04. The quantitative estimate of drug-likeness (QED) is 0.863. The Balaban J connectivity index is 2.23. The molecule has 2 aromatic rings. The molecule has 18 heavy (non-hydrogen) atoms. The van der Waals surface area contributed by atoms with Crippen molar-refractivity contribution in [2.45, 2.75) is 0 Å². The highest BCUT2D eigenvalue weighted by atomic mass is 35.5. The number of ether oxygens (including phenoxy) is 1. The normalized spacial score (nSPS) is 10.2. The molecular formula is C12H13ClN4O. The molecule has 0 amide bonds. The Morgan fingerprint density at radius 1 is 1.28 bits per heavy atom. The Labute approximate surface area is 110 Å². The van der Waals surface area contributed by atoms with Crippen LogP contribution >= 0.6 is 11.6 Å². The predicted octanol–water partition coefficient (Wildman–Crippen LogP) is 2.57. The molecule has 0 unspecified atom stereocenters. The van der Waals surface area contributed by atoms with Crippen LogP contribution in [0.4, 0.5) is 11.6 Å². The van der Waals surface area contributed by atoms with Crippen LogP contribution in [0.2, 0.25) is 5.02 Å². The van der Waals surface area contributed by atoms with Crippen LogP contribution in [-0.2, 0) is 0 Å². The maximum atomic E-state index is 5.92. The zero-order valence-corrected chi connectivity index (χ0v) is 10.8. The summed E-state index contributed by atoms with van der Waals surface area (Å²) in [6, 6.07) is 6.75. The monoisotopic (exact) mass is 264 g/mol. The van der Waals surface area contributed by atoms with Gasteiger partial charge in [0.25, 0.3) is 0 Å². The Kier molecular flexibility index (Phi) is 3.53. The van der Waals surface area contributed by atoms with Crippen molar-refractivity contribution in [1.29, 1.82) is 0 Å². The van der Waals surface area contributed by atoms with Crippen molar-refractivity contribution in [2.24, 2.45) is 0 Å². The van der Waals surface area contributed by atoms with Gasteiger partial charge in [-0.25, -0.2) is 4.98 Å². The third-order valence-electron chi connectivity index (χ3n) is 2.21. The molecule has 5 nitrogen and oxygen atoms in total. The van der Waals surface area contributed by atoms with Gasteiger partial charge in [-0.3, -0.25) is 0 Å². The maximum Gasteiger partial charge on any atom is 0.228 e. The zero-order valence-electron chi connectivity index (χ0n) is 10.1. The van der Waals surface area contributed by atoms with Crippen LogP contribution in [-0.4, -0.2) is 24.1 Å². The van der Waals surface area contributed by atoms with Crippen molar-refractivity contribution < 1.29 is 4.74 Å². The lowest BCUT2D eigenvalue weighted by Crippen LogP contribution is -2.12. The molecule has 0 bridgehead atoms. The van der Waals surface area contributed by atoms with E-state index in [0.29, 0.717) is 28.3 Å². The number of nitrogens with two attached hydrogens (primary N) is 1. The topological polar surface area (TPSA) is 64.3 Å². The van der Waals surface area contributed by atoms with Gasteiger partial charge in [-0.2, -0.15) is 4.98 Å². The van der Waals surface area contributed by atoms with E-state index in [1.54, 1.807) is 35.4 Å². The highest BCUT2D eigenvalue weighted by molar-refractivity contribution is 6.33. The Bertz CT molecular complexity index is 560. The van der Waals surface area contributed by atoms with Crippen molar-refractivity contribution in [3.8, 4) is 11.6 Å². The van der Waals surface area contributed by atoms with Crippen LogP contribution in [0.15, 0.2) is 30.5 Å². The minimum absolute atomic E-state index is 0.453. The summed E-state index contributed by atoms with van der Waals surface area (Å²) in [4.78, 5) is 10.1. The first-order valence-electron chi connectivity index (χ1n) is 5.29. The van der Waals surface area contributed by atoms with Crippen LogP contribution in [0.25, 0.3) is 0 Å². The van der Waals surface area contributed by atoms with E-state index < -0.39 is 0 Å². The number of hydrogen-bond donors (Lipinski definition) is 1. The molecule has 0 fully saturated rings. The lowest BCUT2D eigenvalue weighted by atomic mass is 10.3. The summed E-state index contributed by atoms with van der Waals surface area (Å²) in [6.45, 7) is 0. The third kappa shape index (κ3) is 2.81. The van der Waals surface area contributed by atoms with Crippen molar-refractivity contribution in [3.63, 3.8) is 0 Å². The van der Waals surface area contributed by atoms with Crippen LogP contribution in [0.5, 0.6) is 11.6 Å². The zero-order chi connectivity index (χ0) is 13.1. The average Bonchev–Trinajstić information content (AvgIpc) is 2.34. The first-order valence-corrected chi connectivity index (χ1v) is 5.67. The van der Waals surface area contributed by atoms with Crippen LogP contribution in [0.3, 0.4) is 0 Å². The molecule has 6 heteroatoms. The first-order chi connectivity index (χ1) is 8.56. The number of hydrogen-bond acceptors (Lipinski definition) is 5. The summed E-state index contributed by atoms with van der Waals surface area (Å²) in [5.74, 6) is 1.61. The van der Waals surface area contributed by atoms with Crippen molar-refractivity contribution >= 4 is 23.2 Å². The van der Waals surface area contributed by atoms with Crippen molar-refractivity contribution in [2.75, 3.05) is 24.7 Å². The molecule has 0 aliphatic carbocycles. The van der Waals surface area contributed by atoms with Crippen LogP contribution in [0.1, 0.15) is 0 Å². The number of aromatic nitrogens is 2. The van der Waals surface area contributed by atoms with Crippen LogP contribution < -0.4 is 15.4 Å². The van der Waals surface area contributed by atoms with Gasteiger partial charge in [0.1, 0.15) is 5.75 Å². The van der Waals surface area contributed by atoms with Gasteiger partial charge in [-0.1, -0.05) is 11.6 Å². The summed E-state index contributed by atoms with van der Waals surface area (Å²) in [7, 11) is 3.72. The van der Waals surface area contributed by atoms with E-state index in [2.05, 4.69) is 9.97 Å². The lowest BCUT2D eigenvalue weighted by Gasteiger charge is -2.11. The molecule has 0 aliphatic rings.